The third-order valence-corrected chi connectivity index (χ3v) is 4.52. The molecule has 0 spiro atoms. The molecule has 0 saturated carbocycles. The van der Waals surface area contributed by atoms with Crippen molar-refractivity contribution in [1.29, 1.82) is 0 Å². The van der Waals surface area contributed by atoms with E-state index in [9.17, 15) is 14.9 Å². The molecule has 1 heterocycles. The number of benzene rings is 2. The van der Waals surface area contributed by atoms with Gasteiger partial charge in [0.05, 0.1) is 15.1 Å². The number of amides is 1. The highest BCUT2D eigenvalue weighted by Gasteiger charge is 2.18. The van der Waals surface area contributed by atoms with Crippen LogP contribution in [0.4, 0.5) is 16.5 Å². The minimum absolute atomic E-state index is 0.130. The van der Waals surface area contributed by atoms with Crippen LogP contribution in [0.25, 0.3) is 10.2 Å². The van der Waals surface area contributed by atoms with Gasteiger partial charge < -0.3 is 5.32 Å². The lowest BCUT2D eigenvalue weighted by Crippen LogP contribution is -2.12. The van der Waals surface area contributed by atoms with Crippen LogP contribution >= 0.6 is 11.3 Å². The van der Waals surface area contributed by atoms with Gasteiger partial charge >= 0.3 is 0 Å². The maximum Gasteiger partial charge on any atom is 0.293 e. The molecule has 0 radical (unpaired) electrons. The molecule has 0 saturated heterocycles. The number of aromatic nitrogens is 1. The number of rotatable bonds is 5. The number of fused-ring (bicyclic) bond motifs is 1. The van der Waals surface area contributed by atoms with Crippen molar-refractivity contribution in [1.82, 2.24) is 4.98 Å². The third-order valence-electron chi connectivity index (χ3n) is 3.59. The van der Waals surface area contributed by atoms with Crippen molar-refractivity contribution in [2.75, 3.05) is 17.2 Å². The molecule has 0 fully saturated rings. The average Bonchev–Trinajstić information content (AvgIpc) is 2.96. The Bertz CT molecular complexity index is 968. The molecule has 1 aromatic heterocycles. The number of nitro groups is 1. The molecule has 0 aliphatic heterocycles. The Morgan fingerprint density at radius 3 is 2.80 bits per heavy atom. The zero-order chi connectivity index (χ0) is 18.0. The van der Waals surface area contributed by atoms with Crippen molar-refractivity contribution in [3.8, 4) is 0 Å². The molecule has 0 aliphatic carbocycles. The minimum Gasteiger partial charge on any atom is -0.380 e. The smallest absolute Gasteiger partial charge is 0.293 e. The summed E-state index contributed by atoms with van der Waals surface area (Å²) in [6, 6.07) is 10.2. The highest BCUT2D eigenvalue weighted by Crippen LogP contribution is 2.28. The quantitative estimate of drug-likeness (QED) is 0.527. The zero-order valence-electron chi connectivity index (χ0n) is 13.7. The maximum absolute atomic E-state index is 12.4. The van der Waals surface area contributed by atoms with Crippen LogP contribution in [0, 0.1) is 17.0 Å². The second kappa shape index (κ2) is 6.86. The monoisotopic (exact) mass is 356 g/mol. The molecular weight excluding hydrogens is 340 g/mol. The fourth-order valence-corrected chi connectivity index (χ4v) is 3.38. The summed E-state index contributed by atoms with van der Waals surface area (Å²) in [4.78, 5) is 27.5. The van der Waals surface area contributed by atoms with E-state index in [1.54, 1.807) is 6.07 Å². The summed E-state index contributed by atoms with van der Waals surface area (Å²) in [5, 5.41) is 17.3. The van der Waals surface area contributed by atoms with E-state index in [1.165, 1.54) is 23.5 Å². The molecule has 128 valence electrons. The summed E-state index contributed by atoms with van der Waals surface area (Å²) in [6.45, 7) is 4.39. The molecule has 0 bridgehead atoms. The van der Waals surface area contributed by atoms with Gasteiger partial charge in [-0.05, 0) is 43.7 Å². The summed E-state index contributed by atoms with van der Waals surface area (Å²) in [6.07, 6.45) is 0. The van der Waals surface area contributed by atoms with Crippen LogP contribution in [0.15, 0.2) is 36.4 Å². The van der Waals surface area contributed by atoms with E-state index >= 15 is 0 Å². The van der Waals surface area contributed by atoms with Crippen molar-refractivity contribution in [2.45, 2.75) is 13.8 Å². The lowest BCUT2D eigenvalue weighted by Gasteiger charge is -2.06. The van der Waals surface area contributed by atoms with Crippen LogP contribution in [0.5, 0.6) is 0 Å². The van der Waals surface area contributed by atoms with Crippen molar-refractivity contribution < 1.29 is 9.72 Å². The molecular formula is C17H16N4O3S. The molecule has 25 heavy (non-hydrogen) atoms. The van der Waals surface area contributed by atoms with Crippen LogP contribution in [-0.2, 0) is 0 Å². The number of nitrogens with one attached hydrogen (secondary N) is 2. The van der Waals surface area contributed by atoms with Crippen molar-refractivity contribution in [3.05, 3.63) is 57.6 Å². The minimum atomic E-state index is -0.505. The Balaban J connectivity index is 1.86. The maximum atomic E-state index is 12.4. The number of carbonyl (C=O) groups excluding carboxylic acids is 1. The number of thiazole rings is 1. The van der Waals surface area contributed by atoms with Gasteiger partial charge in [0.15, 0.2) is 5.13 Å². The number of carbonyl (C=O) groups is 1. The van der Waals surface area contributed by atoms with Gasteiger partial charge in [-0.3, -0.25) is 20.2 Å². The number of anilines is 2. The first-order valence-electron chi connectivity index (χ1n) is 7.69. The van der Waals surface area contributed by atoms with Gasteiger partial charge in [-0.1, -0.05) is 17.4 Å². The highest BCUT2D eigenvalue weighted by molar-refractivity contribution is 7.22. The number of hydrogen-bond acceptors (Lipinski definition) is 6. The van der Waals surface area contributed by atoms with Gasteiger partial charge in [0.25, 0.3) is 11.6 Å². The Morgan fingerprint density at radius 2 is 2.08 bits per heavy atom. The van der Waals surface area contributed by atoms with E-state index < -0.39 is 10.8 Å². The third kappa shape index (κ3) is 3.58. The molecule has 2 aromatic carbocycles. The van der Waals surface area contributed by atoms with E-state index in [2.05, 4.69) is 15.6 Å². The molecule has 0 unspecified atom stereocenters. The summed E-state index contributed by atoms with van der Waals surface area (Å²) < 4.78 is 0.976. The van der Waals surface area contributed by atoms with Gasteiger partial charge in [0.2, 0.25) is 0 Å². The van der Waals surface area contributed by atoms with Crippen LogP contribution in [0.3, 0.4) is 0 Å². The summed E-state index contributed by atoms with van der Waals surface area (Å²) in [5.74, 6) is -0.429. The fourth-order valence-electron chi connectivity index (χ4n) is 2.42. The van der Waals surface area contributed by atoms with Crippen LogP contribution in [0.2, 0.25) is 0 Å². The Hall–Kier alpha value is -3.00. The number of aryl methyl sites for hydroxylation is 1. The summed E-state index contributed by atoms with van der Waals surface area (Å²) in [7, 11) is 0. The normalized spacial score (nSPS) is 10.6. The van der Waals surface area contributed by atoms with Gasteiger partial charge in [-0.25, -0.2) is 4.98 Å². The van der Waals surface area contributed by atoms with Crippen LogP contribution in [-0.4, -0.2) is 22.4 Å². The first-order chi connectivity index (χ1) is 12.0. The Morgan fingerprint density at radius 1 is 1.28 bits per heavy atom. The van der Waals surface area contributed by atoms with Gasteiger partial charge in [-0.15, -0.1) is 0 Å². The van der Waals surface area contributed by atoms with Gasteiger partial charge in [-0.2, -0.15) is 0 Å². The summed E-state index contributed by atoms with van der Waals surface area (Å²) >= 11 is 1.37. The molecule has 0 atom stereocenters. The topological polar surface area (TPSA) is 97.2 Å². The molecule has 2 N–H and O–H groups in total. The standard InChI is InChI=1S/C17H16N4O3S/c1-3-18-12-7-5-11(9-14(12)21(23)24)16(22)20-17-19-13-6-4-10(2)8-15(13)25-17/h4-9,18H,3H2,1-2H3,(H,19,20,22). The van der Waals surface area contributed by atoms with E-state index in [-0.39, 0.29) is 11.3 Å². The Kier molecular flexibility index (Phi) is 4.62. The number of nitro benzene ring substituents is 1. The first kappa shape index (κ1) is 16.8. The van der Waals surface area contributed by atoms with Gasteiger partial charge in [0.1, 0.15) is 5.69 Å². The predicted molar refractivity (Wildman–Crippen MR) is 99.6 cm³/mol. The van der Waals surface area contributed by atoms with E-state index in [1.807, 2.05) is 32.0 Å². The largest absolute Gasteiger partial charge is 0.380 e. The number of hydrogen-bond donors (Lipinski definition) is 2. The van der Waals surface area contributed by atoms with E-state index in [0.717, 1.165) is 15.8 Å². The molecule has 3 aromatic rings. The lowest BCUT2D eigenvalue weighted by atomic mass is 10.1. The van der Waals surface area contributed by atoms with Crippen LogP contribution in [0.1, 0.15) is 22.8 Å². The molecule has 3 rings (SSSR count). The second-order valence-corrected chi connectivity index (χ2v) is 6.49. The number of nitrogens with zero attached hydrogens (tertiary/aromatic N) is 2. The first-order valence-corrected chi connectivity index (χ1v) is 8.50. The van der Waals surface area contributed by atoms with Crippen LogP contribution < -0.4 is 10.6 Å². The van der Waals surface area contributed by atoms with Gasteiger partial charge in [0, 0.05) is 18.2 Å². The van der Waals surface area contributed by atoms with Crippen molar-refractivity contribution >= 4 is 44.0 Å². The van der Waals surface area contributed by atoms with E-state index in [4.69, 9.17) is 0 Å². The highest BCUT2D eigenvalue weighted by atomic mass is 32.1. The fraction of sp³-hybridized carbons (Fsp3) is 0.176. The lowest BCUT2D eigenvalue weighted by molar-refractivity contribution is -0.384. The van der Waals surface area contributed by atoms with Crippen molar-refractivity contribution in [2.24, 2.45) is 0 Å². The molecule has 0 aliphatic rings. The van der Waals surface area contributed by atoms with Crippen molar-refractivity contribution in [3.63, 3.8) is 0 Å². The molecule has 7 nitrogen and oxygen atoms in total. The average molecular weight is 356 g/mol. The second-order valence-electron chi connectivity index (χ2n) is 5.46. The van der Waals surface area contributed by atoms with E-state index in [0.29, 0.717) is 17.4 Å². The SMILES string of the molecule is CCNc1ccc(C(=O)Nc2nc3ccc(C)cc3s2)cc1[N+](=O)[O-]. The zero-order valence-corrected chi connectivity index (χ0v) is 14.5. The Labute approximate surface area is 147 Å². The molecule has 8 heteroatoms. The predicted octanol–water partition coefficient (Wildman–Crippen LogP) is 4.20. The summed E-state index contributed by atoms with van der Waals surface area (Å²) in [5.41, 5.74) is 2.39. The molecule has 1 amide bonds.